The molecule has 2 saturated heterocycles. The molecule has 1 aromatic heterocycles. The first-order chi connectivity index (χ1) is 12.1. The quantitative estimate of drug-likeness (QED) is 0.928. The molecule has 25 heavy (non-hydrogen) atoms. The molecule has 1 aromatic carbocycles. The number of amides is 1. The number of anilines is 1. The van der Waals surface area contributed by atoms with Gasteiger partial charge in [-0.2, -0.15) is 0 Å². The summed E-state index contributed by atoms with van der Waals surface area (Å²) in [5.74, 6) is 0.572. The summed E-state index contributed by atoms with van der Waals surface area (Å²) >= 11 is 0. The van der Waals surface area contributed by atoms with Crippen LogP contribution in [-0.2, 0) is 4.74 Å². The van der Waals surface area contributed by atoms with Gasteiger partial charge in [-0.25, -0.2) is 9.78 Å². The lowest BCUT2D eigenvalue weighted by Gasteiger charge is -2.36. The number of carbonyl (C=O) groups excluding carboxylic acids is 1. The van der Waals surface area contributed by atoms with E-state index in [0.717, 1.165) is 49.2 Å². The molecular weight excluding hydrogens is 316 g/mol. The highest BCUT2D eigenvalue weighted by Gasteiger charge is 2.38. The minimum atomic E-state index is -0.106. The molecule has 134 valence electrons. The zero-order chi connectivity index (χ0) is 17.4. The number of nitrogens with one attached hydrogen (secondary N) is 1. The number of carbonyl (C=O) groups is 1. The van der Waals surface area contributed by atoms with E-state index < -0.39 is 0 Å². The first-order valence-corrected chi connectivity index (χ1v) is 9.25. The lowest BCUT2D eigenvalue weighted by Crippen LogP contribution is -2.46. The fourth-order valence-corrected chi connectivity index (χ4v) is 3.97. The molecular formula is C19H26N4O2. The molecule has 0 aliphatic carbocycles. The molecule has 2 fully saturated rings. The molecule has 6 heteroatoms. The Labute approximate surface area is 148 Å². The van der Waals surface area contributed by atoms with E-state index in [1.807, 2.05) is 12.1 Å². The normalized spacial score (nSPS) is 22.8. The standard InChI is InChI=1S/C19H26N4O2/c1-13(2)8-9-20-19(24)22-12-21-18-16(22)4-3-5-17(18)23-14-6-7-15(23)11-25-10-14/h3-5,12-15H,6-11H2,1-2H3,(H,20,24)/t14-,15+. The van der Waals surface area contributed by atoms with Crippen LogP contribution in [0.3, 0.4) is 0 Å². The molecule has 0 radical (unpaired) electrons. The number of nitrogens with zero attached hydrogens (tertiary/aromatic N) is 3. The van der Waals surface area contributed by atoms with Crippen LogP contribution in [0.4, 0.5) is 10.5 Å². The number of fused-ring (bicyclic) bond motifs is 3. The molecule has 2 bridgehead atoms. The van der Waals surface area contributed by atoms with Crippen LogP contribution < -0.4 is 10.2 Å². The molecule has 0 saturated carbocycles. The van der Waals surface area contributed by atoms with E-state index >= 15 is 0 Å². The zero-order valence-corrected chi connectivity index (χ0v) is 14.9. The second-order valence-corrected chi connectivity index (χ2v) is 7.50. The number of morpholine rings is 1. The van der Waals surface area contributed by atoms with Crippen LogP contribution in [-0.4, -0.2) is 47.4 Å². The van der Waals surface area contributed by atoms with Crippen LogP contribution in [0.2, 0.25) is 0 Å². The third kappa shape index (κ3) is 2.99. The molecule has 4 rings (SSSR count). The Balaban J connectivity index is 1.61. The predicted octanol–water partition coefficient (Wildman–Crippen LogP) is 3.01. The van der Waals surface area contributed by atoms with E-state index in [1.165, 1.54) is 0 Å². The Kier molecular flexibility index (Phi) is 4.37. The largest absolute Gasteiger partial charge is 0.377 e. The van der Waals surface area contributed by atoms with Crippen molar-refractivity contribution in [2.75, 3.05) is 24.7 Å². The SMILES string of the molecule is CC(C)CCNC(=O)n1cnc2c(N3[C@@H]4CC[C@H]3COC4)cccc21. The highest BCUT2D eigenvalue weighted by molar-refractivity contribution is 5.95. The van der Waals surface area contributed by atoms with Crippen molar-refractivity contribution in [3.63, 3.8) is 0 Å². The van der Waals surface area contributed by atoms with E-state index in [0.29, 0.717) is 24.5 Å². The molecule has 0 unspecified atom stereocenters. The Morgan fingerprint density at radius 1 is 1.32 bits per heavy atom. The maximum Gasteiger partial charge on any atom is 0.327 e. The monoisotopic (exact) mass is 342 g/mol. The summed E-state index contributed by atoms with van der Waals surface area (Å²) in [7, 11) is 0. The molecule has 2 aliphatic heterocycles. The molecule has 6 nitrogen and oxygen atoms in total. The number of para-hydroxylation sites is 1. The molecule has 2 atom stereocenters. The van der Waals surface area contributed by atoms with E-state index in [2.05, 4.69) is 35.1 Å². The Hall–Kier alpha value is -2.08. The van der Waals surface area contributed by atoms with Gasteiger partial charge in [0.2, 0.25) is 0 Å². The fourth-order valence-electron chi connectivity index (χ4n) is 3.97. The van der Waals surface area contributed by atoms with Gasteiger partial charge in [-0.3, -0.25) is 4.57 Å². The van der Waals surface area contributed by atoms with Crippen molar-refractivity contribution in [1.82, 2.24) is 14.9 Å². The van der Waals surface area contributed by atoms with Crippen LogP contribution >= 0.6 is 0 Å². The fraction of sp³-hybridized carbons (Fsp3) is 0.579. The third-order valence-electron chi connectivity index (χ3n) is 5.29. The van der Waals surface area contributed by atoms with Crippen molar-refractivity contribution in [3.8, 4) is 0 Å². The highest BCUT2D eigenvalue weighted by Crippen LogP contribution is 2.37. The second-order valence-electron chi connectivity index (χ2n) is 7.50. The van der Waals surface area contributed by atoms with Crippen LogP contribution in [0.1, 0.15) is 33.1 Å². The van der Waals surface area contributed by atoms with Gasteiger partial charge < -0.3 is 15.0 Å². The summed E-state index contributed by atoms with van der Waals surface area (Å²) in [5.41, 5.74) is 2.90. The van der Waals surface area contributed by atoms with Crippen molar-refractivity contribution in [2.24, 2.45) is 5.92 Å². The minimum absolute atomic E-state index is 0.106. The number of benzene rings is 1. The van der Waals surface area contributed by atoms with Gasteiger partial charge in [0.1, 0.15) is 11.8 Å². The van der Waals surface area contributed by atoms with Gasteiger partial charge in [-0.1, -0.05) is 19.9 Å². The van der Waals surface area contributed by atoms with E-state index in [4.69, 9.17) is 4.74 Å². The number of hydrogen-bond acceptors (Lipinski definition) is 4. The van der Waals surface area contributed by atoms with Gasteiger partial charge in [-0.15, -0.1) is 0 Å². The topological polar surface area (TPSA) is 59.4 Å². The number of ether oxygens (including phenoxy) is 1. The summed E-state index contributed by atoms with van der Waals surface area (Å²) in [6, 6.07) is 6.85. The van der Waals surface area contributed by atoms with Crippen molar-refractivity contribution in [2.45, 2.75) is 45.2 Å². The molecule has 2 aliphatic rings. The molecule has 0 spiro atoms. The van der Waals surface area contributed by atoms with Gasteiger partial charge in [0.25, 0.3) is 0 Å². The van der Waals surface area contributed by atoms with Crippen molar-refractivity contribution in [1.29, 1.82) is 0 Å². The number of imidazole rings is 1. The highest BCUT2D eigenvalue weighted by atomic mass is 16.5. The summed E-state index contributed by atoms with van der Waals surface area (Å²) < 4.78 is 7.32. The van der Waals surface area contributed by atoms with E-state index in [-0.39, 0.29) is 6.03 Å². The van der Waals surface area contributed by atoms with Crippen LogP contribution in [0.5, 0.6) is 0 Å². The Morgan fingerprint density at radius 2 is 2.08 bits per heavy atom. The first-order valence-electron chi connectivity index (χ1n) is 9.25. The summed E-state index contributed by atoms with van der Waals surface area (Å²) in [6.07, 6.45) is 4.94. The predicted molar refractivity (Wildman–Crippen MR) is 98.1 cm³/mol. The number of rotatable bonds is 4. The van der Waals surface area contributed by atoms with Gasteiger partial charge in [-0.05, 0) is 37.3 Å². The lowest BCUT2D eigenvalue weighted by atomic mass is 10.1. The third-order valence-corrected chi connectivity index (χ3v) is 5.29. The van der Waals surface area contributed by atoms with Crippen LogP contribution in [0.25, 0.3) is 11.0 Å². The van der Waals surface area contributed by atoms with Gasteiger partial charge >= 0.3 is 6.03 Å². The van der Waals surface area contributed by atoms with Crippen molar-refractivity contribution >= 4 is 22.8 Å². The van der Waals surface area contributed by atoms with Crippen LogP contribution in [0.15, 0.2) is 24.5 Å². The molecule has 1 N–H and O–H groups in total. The summed E-state index contributed by atoms with van der Waals surface area (Å²) in [6.45, 7) is 6.55. The lowest BCUT2D eigenvalue weighted by molar-refractivity contribution is 0.0908. The van der Waals surface area contributed by atoms with Gasteiger partial charge in [0, 0.05) is 6.54 Å². The summed E-state index contributed by atoms with van der Waals surface area (Å²) in [4.78, 5) is 19.5. The van der Waals surface area contributed by atoms with E-state index in [1.54, 1.807) is 10.9 Å². The van der Waals surface area contributed by atoms with Crippen molar-refractivity contribution in [3.05, 3.63) is 24.5 Å². The summed E-state index contributed by atoms with van der Waals surface area (Å²) in [5, 5.41) is 2.99. The molecule has 1 amide bonds. The van der Waals surface area contributed by atoms with Crippen LogP contribution in [0, 0.1) is 5.92 Å². The smallest absolute Gasteiger partial charge is 0.327 e. The first kappa shape index (κ1) is 16.4. The van der Waals surface area contributed by atoms with Crippen molar-refractivity contribution < 1.29 is 9.53 Å². The van der Waals surface area contributed by atoms with E-state index in [9.17, 15) is 4.79 Å². The molecule has 2 aromatic rings. The second kappa shape index (κ2) is 6.67. The Morgan fingerprint density at radius 3 is 2.80 bits per heavy atom. The maximum atomic E-state index is 12.5. The zero-order valence-electron chi connectivity index (χ0n) is 14.9. The Bertz CT molecular complexity index is 754. The van der Waals surface area contributed by atoms with Gasteiger partial charge in [0.05, 0.1) is 36.5 Å². The van der Waals surface area contributed by atoms with Gasteiger partial charge in [0.15, 0.2) is 0 Å². The average Bonchev–Trinajstić information content (AvgIpc) is 3.12. The number of aromatic nitrogens is 2. The minimum Gasteiger partial charge on any atom is -0.377 e. The maximum absolute atomic E-state index is 12.5. The number of hydrogen-bond donors (Lipinski definition) is 1. The average molecular weight is 342 g/mol. The molecule has 3 heterocycles.